The van der Waals surface area contributed by atoms with Gasteiger partial charge in [-0.1, -0.05) is 0 Å². The van der Waals surface area contributed by atoms with Crippen molar-refractivity contribution < 1.29 is 35.8 Å². The molecule has 8 heterocycles. The molecule has 4 fully saturated rings. The number of nitrogens with zero attached hydrogens (tertiary/aromatic N) is 10. The standard InChI is InChI=1S/2C25H26F3N5O/c2*1-14-10-17(6-7-29-14)32-12-15-2-3-16(13-32)19(15)11-21-30-25-24(34-9-8-33(25)31-21)18-4-5-20(26)23(28)22(18)27/h2*4-7,10,15-16,19,24H,2-3,8-9,11-13H2,1H3/t2*15-,16+,19?,24-/m10/s1. The monoisotopic (exact) mass is 938 g/mol. The number of benzene rings is 2. The summed E-state index contributed by atoms with van der Waals surface area (Å²) in [6.45, 7) is 9.64. The highest BCUT2D eigenvalue weighted by molar-refractivity contribution is 5.48. The van der Waals surface area contributed by atoms with E-state index >= 15 is 0 Å². The first-order valence-corrected chi connectivity index (χ1v) is 23.7. The fraction of sp³-hybridized carbons (Fsp3) is 0.480. The fourth-order valence-electron chi connectivity index (χ4n) is 11.9. The van der Waals surface area contributed by atoms with Gasteiger partial charge in [-0.15, -0.1) is 0 Å². The fourth-order valence-corrected chi connectivity index (χ4v) is 11.9. The molecule has 68 heavy (non-hydrogen) atoms. The lowest BCUT2D eigenvalue weighted by Crippen LogP contribution is -2.42. The van der Waals surface area contributed by atoms with Gasteiger partial charge in [0.25, 0.3) is 0 Å². The molecule has 2 saturated heterocycles. The lowest BCUT2D eigenvalue weighted by Gasteiger charge is -2.39. The predicted octanol–water partition coefficient (Wildman–Crippen LogP) is 8.45. The Kier molecular flexibility index (Phi) is 12.0. The summed E-state index contributed by atoms with van der Waals surface area (Å²) in [7, 11) is 0. The Morgan fingerprint density at radius 2 is 0.926 bits per heavy atom. The van der Waals surface area contributed by atoms with Crippen LogP contribution in [0.25, 0.3) is 0 Å². The Morgan fingerprint density at radius 1 is 0.529 bits per heavy atom. The molecule has 4 bridgehead atoms. The van der Waals surface area contributed by atoms with Crippen LogP contribution in [0.3, 0.4) is 0 Å². The Balaban J connectivity index is 0.000000149. The quantitative estimate of drug-likeness (QED) is 0.109. The third-order valence-electron chi connectivity index (χ3n) is 15.2. The maximum absolute atomic E-state index is 14.5. The van der Waals surface area contributed by atoms with Crippen molar-refractivity contribution in [3.8, 4) is 0 Å². The maximum Gasteiger partial charge on any atom is 0.194 e. The highest BCUT2D eigenvalue weighted by Crippen LogP contribution is 2.46. The van der Waals surface area contributed by atoms with E-state index in [4.69, 9.17) is 19.4 Å². The Labute approximate surface area is 389 Å². The van der Waals surface area contributed by atoms with Gasteiger partial charge in [-0.3, -0.25) is 9.97 Å². The van der Waals surface area contributed by atoms with Gasteiger partial charge >= 0.3 is 0 Å². The summed E-state index contributed by atoms with van der Waals surface area (Å²) in [4.78, 5) is 23.0. The molecule has 4 aromatic heterocycles. The third kappa shape index (κ3) is 8.40. The molecule has 12 nitrogen and oxygen atoms in total. The summed E-state index contributed by atoms with van der Waals surface area (Å²) in [5.74, 6) is -2.37. The van der Waals surface area contributed by atoms with Crippen LogP contribution >= 0.6 is 0 Å². The van der Waals surface area contributed by atoms with E-state index in [0.29, 0.717) is 85.1 Å². The highest BCUT2D eigenvalue weighted by Gasteiger charge is 2.45. The molecule has 0 amide bonds. The summed E-state index contributed by atoms with van der Waals surface area (Å²) in [5.41, 5.74) is 4.39. The van der Waals surface area contributed by atoms with Gasteiger partial charge in [0.1, 0.15) is 12.2 Å². The summed E-state index contributed by atoms with van der Waals surface area (Å²) < 4.78 is 98.4. The zero-order chi connectivity index (χ0) is 46.8. The molecule has 6 aromatic rings. The van der Waals surface area contributed by atoms with Gasteiger partial charge in [-0.25, -0.2) is 45.7 Å². The van der Waals surface area contributed by atoms with Gasteiger partial charge in [0.2, 0.25) is 0 Å². The number of rotatable bonds is 8. The van der Waals surface area contributed by atoms with E-state index < -0.39 is 47.1 Å². The van der Waals surface area contributed by atoms with Crippen LogP contribution in [0.15, 0.2) is 60.9 Å². The molecule has 8 atom stereocenters. The van der Waals surface area contributed by atoms with E-state index in [0.717, 1.165) is 62.5 Å². The van der Waals surface area contributed by atoms with Gasteiger partial charge in [0.05, 0.1) is 26.3 Å². The molecular formula is C50H52F6N10O2. The SMILES string of the molecule is Cc1cc(N2C[C@H]3CC[C@@H](C2)C3Cc2nc3n(n2)CCO[C@@H]3c2ccc(F)c(F)c2F)ccn1.Cc1cc(N2C[C@H]3CC[C@@H](C2)C3Cc2nc3n(n2)CCO[C@H]3c2ccc(F)c(F)c2F)ccn1. The molecule has 4 aliphatic heterocycles. The van der Waals surface area contributed by atoms with E-state index in [1.165, 1.54) is 49.2 Å². The molecular weight excluding hydrogens is 887 g/mol. The number of piperidine rings is 2. The average molecular weight is 939 g/mol. The van der Waals surface area contributed by atoms with E-state index in [9.17, 15) is 26.3 Å². The first kappa shape index (κ1) is 44.6. The van der Waals surface area contributed by atoms with Crippen molar-refractivity contribution in [1.29, 1.82) is 0 Å². The topological polar surface area (TPSA) is 112 Å². The van der Waals surface area contributed by atoms with Crippen molar-refractivity contribution in [2.24, 2.45) is 35.5 Å². The minimum Gasteiger partial charge on any atom is -0.371 e. The Morgan fingerprint density at radius 3 is 1.31 bits per heavy atom. The number of aromatic nitrogens is 8. The molecule has 2 saturated carbocycles. The van der Waals surface area contributed by atoms with Crippen LogP contribution in [0.4, 0.5) is 37.7 Å². The predicted molar refractivity (Wildman–Crippen MR) is 237 cm³/mol. The van der Waals surface area contributed by atoms with Gasteiger partial charge in [0, 0.05) is 85.3 Å². The highest BCUT2D eigenvalue weighted by atomic mass is 19.2. The van der Waals surface area contributed by atoms with Crippen molar-refractivity contribution >= 4 is 11.4 Å². The second-order valence-corrected chi connectivity index (χ2v) is 19.3. The number of hydrogen-bond acceptors (Lipinski definition) is 10. The lowest BCUT2D eigenvalue weighted by atomic mass is 9.82. The normalized spacial score (nSPS) is 26.1. The summed E-state index contributed by atoms with van der Waals surface area (Å²) in [6.07, 6.45) is 8.20. The second-order valence-electron chi connectivity index (χ2n) is 19.3. The zero-order valence-corrected chi connectivity index (χ0v) is 37.8. The Bertz CT molecular complexity index is 2620. The van der Waals surface area contributed by atoms with E-state index in [-0.39, 0.29) is 11.1 Å². The lowest BCUT2D eigenvalue weighted by molar-refractivity contribution is 0.0363. The van der Waals surface area contributed by atoms with Gasteiger partial charge < -0.3 is 19.3 Å². The van der Waals surface area contributed by atoms with Crippen LogP contribution in [-0.2, 0) is 35.4 Å². The molecule has 2 aliphatic carbocycles. The minimum absolute atomic E-state index is 0.0557. The number of halogens is 6. The van der Waals surface area contributed by atoms with Crippen LogP contribution in [0.1, 0.15) is 83.7 Å². The van der Waals surface area contributed by atoms with Crippen molar-refractivity contribution in [2.75, 3.05) is 49.2 Å². The van der Waals surface area contributed by atoms with E-state index in [1.54, 1.807) is 9.36 Å². The minimum atomic E-state index is -1.49. The molecule has 0 radical (unpaired) electrons. The van der Waals surface area contributed by atoms with Crippen LogP contribution in [0, 0.1) is 84.3 Å². The number of hydrogen-bond donors (Lipinski definition) is 0. The van der Waals surface area contributed by atoms with Crippen molar-refractivity contribution in [3.63, 3.8) is 0 Å². The van der Waals surface area contributed by atoms with Crippen LogP contribution in [0.5, 0.6) is 0 Å². The van der Waals surface area contributed by atoms with E-state index in [1.807, 2.05) is 26.2 Å². The summed E-state index contributed by atoms with van der Waals surface area (Å²) in [6, 6.07) is 12.7. The molecule has 18 heteroatoms. The molecule has 2 aromatic carbocycles. The first-order chi connectivity index (χ1) is 32.9. The van der Waals surface area contributed by atoms with Gasteiger partial charge in [-0.05, 0) is 124 Å². The number of fused-ring (bicyclic) bond motifs is 6. The zero-order valence-electron chi connectivity index (χ0n) is 37.8. The largest absolute Gasteiger partial charge is 0.371 e. The number of aryl methyl sites for hydroxylation is 2. The molecule has 356 valence electrons. The first-order valence-electron chi connectivity index (χ1n) is 23.7. The van der Waals surface area contributed by atoms with Crippen molar-refractivity contribution in [1.82, 2.24) is 39.5 Å². The van der Waals surface area contributed by atoms with Crippen LogP contribution in [-0.4, -0.2) is 78.9 Å². The Hall–Kier alpha value is -5.88. The number of ether oxygens (including phenoxy) is 2. The summed E-state index contributed by atoms with van der Waals surface area (Å²) in [5, 5.41) is 9.38. The molecule has 6 aliphatic rings. The third-order valence-corrected chi connectivity index (χ3v) is 15.2. The molecule has 0 spiro atoms. The average Bonchev–Trinajstić information content (AvgIpc) is 4.06. The van der Waals surface area contributed by atoms with Gasteiger partial charge in [-0.2, -0.15) is 10.2 Å². The molecule has 2 unspecified atom stereocenters. The smallest absolute Gasteiger partial charge is 0.194 e. The van der Waals surface area contributed by atoms with Crippen LogP contribution < -0.4 is 9.80 Å². The number of pyridine rings is 2. The van der Waals surface area contributed by atoms with E-state index in [2.05, 4.69) is 54.2 Å². The van der Waals surface area contributed by atoms with Gasteiger partial charge in [0.15, 0.2) is 58.2 Å². The molecule has 12 rings (SSSR count). The second kappa shape index (κ2) is 18.2. The summed E-state index contributed by atoms with van der Waals surface area (Å²) >= 11 is 0. The van der Waals surface area contributed by atoms with Crippen molar-refractivity contribution in [3.05, 3.63) is 142 Å². The van der Waals surface area contributed by atoms with Crippen molar-refractivity contribution in [2.45, 2.75) is 77.7 Å². The maximum atomic E-state index is 14.5. The number of anilines is 2. The van der Waals surface area contributed by atoms with Crippen LogP contribution in [0.2, 0.25) is 0 Å². The molecule has 0 N–H and O–H groups in total.